The standard InChI is InChI=1S/C8H18N2O2/c1-3-6(4-2)12-5-7(9)8(10)11/h6-7H,3-5,9H2,1-2H3,(H2,10,11). The fourth-order valence-corrected chi connectivity index (χ4v) is 0.846. The van der Waals surface area contributed by atoms with E-state index in [1.54, 1.807) is 0 Å². The van der Waals surface area contributed by atoms with E-state index in [-0.39, 0.29) is 12.7 Å². The van der Waals surface area contributed by atoms with Gasteiger partial charge in [-0.25, -0.2) is 0 Å². The normalized spacial score (nSPS) is 13.3. The van der Waals surface area contributed by atoms with Gasteiger partial charge >= 0.3 is 0 Å². The Balaban J connectivity index is 3.58. The number of carbonyl (C=O) groups is 1. The highest BCUT2D eigenvalue weighted by molar-refractivity contribution is 5.79. The van der Waals surface area contributed by atoms with Crippen LogP contribution >= 0.6 is 0 Å². The number of hydrogen-bond acceptors (Lipinski definition) is 3. The quantitative estimate of drug-likeness (QED) is 0.595. The second kappa shape index (κ2) is 5.97. The molecular weight excluding hydrogens is 156 g/mol. The van der Waals surface area contributed by atoms with Crippen LogP contribution in [0.3, 0.4) is 0 Å². The SMILES string of the molecule is CCC(CC)OCC(N)C(N)=O. The van der Waals surface area contributed by atoms with Crippen LogP contribution in [0.4, 0.5) is 0 Å². The average molecular weight is 174 g/mol. The molecule has 4 nitrogen and oxygen atoms in total. The van der Waals surface area contributed by atoms with Gasteiger partial charge in [-0.05, 0) is 12.8 Å². The molecule has 1 amide bonds. The minimum atomic E-state index is -0.675. The van der Waals surface area contributed by atoms with Crippen molar-refractivity contribution in [1.82, 2.24) is 0 Å². The summed E-state index contributed by atoms with van der Waals surface area (Å²) in [5.41, 5.74) is 10.3. The number of rotatable bonds is 6. The predicted molar refractivity (Wildman–Crippen MR) is 47.5 cm³/mol. The highest BCUT2D eigenvalue weighted by Crippen LogP contribution is 2.02. The molecule has 0 aromatic carbocycles. The first-order chi connectivity index (χ1) is 5.61. The summed E-state index contributed by atoms with van der Waals surface area (Å²) in [6.45, 7) is 4.29. The van der Waals surface area contributed by atoms with Crippen molar-refractivity contribution in [3.05, 3.63) is 0 Å². The van der Waals surface area contributed by atoms with E-state index in [2.05, 4.69) is 0 Å². The lowest BCUT2D eigenvalue weighted by Gasteiger charge is -2.15. The molecule has 0 fully saturated rings. The van der Waals surface area contributed by atoms with Crippen LogP contribution in [0.25, 0.3) is 0 Å². The molecular formula is C8H18N2O2. The molecule has 0 saturated heterocycles. The zero-order valence-corrected chi connectivity index (χ0v) is 7.75. The van der Waals surface area contributed by atoms with Crippen LogP contribution in [0, 0.1) is 0 Å². The third kappa shape index (κ3) is 4.31. The molecule has 4 N–H and O–H groups in total. The molecule has 0 aliphatic heterocycles. The number of amides is 1. The van der Waals surface area contributed by atoms with Gasteiger partial charge < -0.3 is 16.2 Å². The molecule has 0 bridgehead atoms. The molecule has 0 rings (SSSR count). The van der Waals surface area contributed by atoms with Crippen molar-refractivity contribution in [1.29, 1.82) is 0 Å². The molecule has 0 aliphatic rings. The first kappa shape index (κ1) is 11.4. The molecule has 0 saturated carbocycles. The zero-order chi connectivity index (χ0) is 9.56. The summed E-state index contributed by atoms with van der Waals surface area (Å²) in [4.78, 5) is 10.5. The van der Waals surface area contributed by atoms with Crippen molar-refractivity contribution >= 4 is 5.91 Å². The molecule has 0 heterocycles. The van der Waals surface area contributed by atoms with Gasteiger partial charge in [-0.15, -0.1) is 0 Å². The third-order valence-corrected chi connectivity index (χ3v) is 1.79. The van der Waals surface area contributed by atoms with E-state index in [0.717, 1.165) is 12.8 Å². The van der Waals surface area contributed by atoms with Crippen LogP contribution in [0.2, 0.25) is 0 Å². The fourth-order valence-electron chi connectivity index (χ4n) is 0.846. The molecule has 1 atom stereocenters. The molecule has 4 heteroatoms. The van der Waals surface area contributed by atoms with Gasteiger partial charge in [-0.1, -0.05) is 13.8 Å². The maximum absolute atomic E-state index is 10.5. The second-order valence-electron chi connectivity index (χ2n) is 2.78. The van der Waals surface area contributed by atoms with Gasteiger partial charge in [0.1, 0.15) is 6.04 Å². The van der Waals surface area contributed by atoms with E-state index >= 15 is 0 Å². The Kier molecular flexibility index (Phi) is 5.66. The third-order valence-electron chi connectivity index (χ3n) is 1.79. The van der Waals surface area contributed by atoms with Gasteiger partial charge in [-0.2, -0.15) is 0 Å². The van der Waals surface area contributed by atoms with E-state index in [1.165, 1.54) is 0 Å². The van der Waals surface area contributed by atoms with Crippen LogP contribution in [0.15, 0.2) is 0 Å². The highest BCUT2D eigenvalue weighted by Gasteiger charge is 2.11. The number of carbonyl (C=O) groups excluding carboxylic acids is 1. The molecule has 1 unspecified atom stereocenters. The average Bonchev–Trinajstić information content (AvgIpc) is 2.05. The monoisotopic (exact) mass is 174 g/mol. The number of nitrogens with two attached hydrogens (primary N) is 2. The topological polar surface area (TPSA) is 78.3 Å². The van der Waals surface area contributed by atoms with Crippen molar-refractivity contribution in [2.45, 2.75) is 38.8 Å². The van der Waals surface area contributed by atoms with Crippen molar-refractivity contribution in [3.63, 3.8) is 0 Å². The highest BCUT2D eigenvalue weighted by atomic mass is 16.5. The Hall–Kier alpha value is -0.610. The summed E-state index contributed by atoms with van der Waals surface area (Å²) >= 11 is 0. The van der Waals surface area contributed by atoms with Crippen molar-refractivity contribution in [3.8, 4) is 0 Å². The summed E-state index contributed by atoms with van der Waals surface area (Å²) in [5.74, 6) is -0.513. The van der Waals surface area contributed by atoms with Gasteiger partial charge in [0, 0.05) is 0 Å². The van der Waals surface area contributed by atoms with Crippen LogP contribution in [-0.2, 0) is 9.53 Å². The molecule has 12 heavy (non-hydrogen) atoms. The zero-order valence-electron chi connectivity index (χ0n) is 7.75. The van der Waals surface area contributed by atoms with Gasteiger partial charge in [0.25, 0.3) is 0 Å². The van der Waals surface area contributed by atoms with Crippen LogP contribution in [0.5, 0.6) is 0 Å². The van der Waals surface area contributed by atoms with Crippen molar-refractivity contribution < 1.29 is 9.53 Å². The van der Waals surface area contributed by atoms with Gasteiger partial charge in [0.15, 0.2) is 0 Å². The number of ether oxygens (including phenoxy) is 1. The molecule has 0 aromatic heterocycles. The predicted octanol–water partition coefficient (Wildman–Crippen LogP) is 0.00420. The van der Waals surface area contributed by atoms with E-state index in [9.17, 15) is 4.79 Å². The van der Waals surface area contributed by atoms with Crippen LogP contribution in [0.1, 0.15) is 26.7 Å². The summed E-state index contributed by atoms with van der Waals surface area (Å²) in [6.07, 6.45) is 2.06. The number of hydrogen-bond donors (Lipinski definition) is 2. The fraction of sp³-hybridized carbons (Fsp3) is 0.875. The van der Waals surface area contributed by atoms with Crippen LogP contribution < -0.4 is 11.5 Å². The lowest BCUT2D eigenvalue weighted by Crippen LogP contribution is -2.41. The molecule has 0 radical (unpaired) electrons. The summed E-state index contributed by atoms with van der Waals surface area (Å²) in [7, 11) is 0. The minimum absolute atomic E-state index is 0.190. The lowest BCUT2D eigenvalue weighted by molar-refractivity contribution is -0.121. The molecule has 0 aliphatic carbocycles. The maximum atomic E-state index is 10.5. The van der Waals surface area contributed by atoms with Crippen molar-refractivity contribution in [2.24, 2.45) is 11.5 Å². The minimum Gasteiger partial charge on any atom is -0.376 e. The van der Waals surface area contributed by atoms with Crippen LogP contribution in [-0.4, -0.2) is 24.7 Å². The largest absolute Gasteiger partial charge is 0.376 e. The van der Waals surface area contributed by atoms with E-state index in [0.29, 0.717) is 0 Å². The summed E-state index contributed by atoms with van der Waals surface area (Å²) < 4.78 is 5.34. The van der Waals surface area contributed by atoms with Crippen molar-refractivity contribution in [2.75, 3.05) is 6.61 Å². The molecule has 0 aromatic rings. The lowest BCUT2D eigenvalue weighted by atomic mass is 10.2. The maximum Gasteiger partial charge on any atom is 0.236 e. The van der Waals surface area contributed by atoms with Gasteiger partial charge in [-0.3, -0.25) is 4.79 Å². The summed E-state index contributed by atoms with van der Waals surface area (Å²) in [5, 5.41) is 0. The smallest absolute Gasteiger partial charge is 0.236 e. The van der Waals surface area contributed by atoms with E-state index < -0.39 is 11.9 Å². The Labute approximate surface area is 73.2 Å². The number of primary amides is 1. The van der Waals surface area contributed by atoms with E-state index in [4.69, 9.17) is 16.2 Å². The first-order valence-electron chi connectivity index (χ1n) is 4.28. The second-order valence-corrected chi connectivity index (χ2v) is 2.78. The van der Waals surface area contributed by atoms with E-state index in [1.807, 2.05) is 13.8 Å². The molecule has 72 valence electrons. The first-order valence-corrected chi connectivity index (χ1v) is 4.28. The summed E-state index contributed by atoms with van der Waals surface area (Å²) in [6, 6.07) is -0.675. The Bertz CT molecular complexity index is 135. The Morgan fingerprint density at radius 3 is 2.25 bits per heavy atom. The molecule has 0 spiro atoms. The Morgan fingerprint density at radius 1 is 1.42 bits per heavy atom. The van der Waals surface area contributed by atoms with Gasteiger partial charge in [0.05, 0.1) is 12.7 Å². The Morgan fingerprint density at radius 2 is 1.92 bits per heavy atom. The van der Waals surface area contributed by atoms with Gasteiger partial charge in [0.2, 0.25) is 5.91 Å².